The molecule has 0 fully saturated rings. The van der Waals surface area contributed by atoms with Crippen LogP contribution in [0.4, 0.5) is 5.69 Å². The van der Waals surface area contributed by atoms with E-state index in [-0.39, 0.29) is 11.5 Å². The Labute approximate surface area is 129 Å². The molecule has 1 aromatic carbocycles. The summed E-state index contributed by atoms with van der Waals surface area (Å²) in [4.78, 5) is 26.1. The van der Waals surface area contributed by atoms with Gasteiger partial charge in [-0.3, -0.25) is 4.79 Å². The van der Waals surface area contributed by atoms with Gasteiger partial charge in [-0.05, 0) is 30.7 Å². The number of hydrogen-bond acceptors (Lipinski definition) is 4. The van der Waals surface area contributed by atoms with E-state index in [4.69, 9.17) is 10.5 Å². The van der Waals surface area contributed by atoms with Gasteiger partial charge in [-0.2, -0.15) is 0 Å². The molecule has 1 aliphatic heterocycles. The lowest BCUT2D eigenvalue weighted by atomic mass is 10.1. The van der Waals surface area contributed by atoms with E-state index in [1.165, 1.54) is 24.2 Å². The highest BCUT2D eigenvalue weighted by Gasteiger charge is 2.32. The zero-order valence-electron chi connectivity index (χ0n) is 12.6. The van der Waals surface area contributed by atoms with Crippen molar-refractivity contribution in [1.29, 1.82) is 0 Å². The second-order valence-corrected chi connectivity index (χ2v) is 4.79. The van der Waals surface area contributed by atoms with Gasteiger partial charge < -0.3 is 15.4 Å². The van der Waals surface area contributed by atoms with Crippen LogP contribution in [0.2, 0.25) is 0 Å². The summed E-state index contributed by atoms with van der Waals surface area (Å²) < 4.78 is 4.78. The third-order valence-electron chi connectivity index (χ3n) is 3.47. The van der Waals surface area contributed by atoms with Gasteiger partial charge in [0, 0.05) is 11.3 Å². The Bertz CT molecular complexity index is 702. The van der Waals surface area contributed by atoms with Gasteiger partial charge in [0.1, 0.15) is 0 Å². The minimum atomic E-state index is -0.517. The number of esters is 1. The molecule has 0 aliphatic carbocycles. The van der Waals surface area contributed by atoms with Crippen LogP contribution in [-0.2, 0) is 16.1 Å². The van der Waals surface area contributed by atoms with Gasteiger partial charge in [-0.1, -0.05) is 24.8 Å². The topological polar surface area (TPSA) is 72.6 Å². The van der Waals surface area contributed by atoms with E-state index in [2.05, 4.69) is 6.58 Å². The number of rotatable bonds is 4. The van der Waals surface area contributed by atoms with Crippen molar-refractivity contribution in [1.82, 2.24) is 4.90 Å². The highest BCUT2D eigenvalue weighted by Crippen LogP contribution is 2.30. The number of fused-ring (bicyclic) bond motifs is 1. The molecule has 1 amide bonds. The zero-order valence-corrected chi connectivity index (χ0v) is 12.6. The number of carbonyl (C=O) groups excluding carboxylic acids is 2. The van der Waals surface area contributed by atoms with Crippen molar-refractivity contribution in [3.05, 3.63) is 65.4 Å². The lowest BCUT2D eigenvalue weighted by Crippen LogP contribution is -2.27. The third kappa shape index (κ3) is 2.65. The maximum absolute atomic E-state index is 12.6. The SMILES string of the molecule is C=C/C=C(C(=O)OC)\C(=C/C)N1Cc2ccc(N)cc2C1=O. The Kier molecular flexibility index (Phi) is 4.46. The van der Waals surface area contributed by atoms with Crippen LogP contribution in [0.15, 0.2) is 54.3 Å². The number of nitrogens with two attached hydrogens (primary N) is 1. The summed E-state index contributed by atoms with van der Waals surface area (Å²) in [7, 11) is 1.30. The molecule has 22 heavy (non-hydrogen) atoms. The number of anilines is 1. The third-order valence-corrected chi connectivity index (χ3v) is 3.47. The van der Waals surface area contributed by atoms with Crippen LogP contribution in [0.1, 0.15) is 22.8 Å². The molecule has 0 aromatic heterocycles. The molecule has 114 valence electrons. The average molecular weight is 298 g/mol. The predicted octanol–water partition coefficient (Wildman–Crippen LogP) is 2.41. The molecule has 0 spiro atoms. The molecule has 5 nitrogen and oxygen atoms in total. The molecule has 2 rings (SSSR count). The Morgan fingerprint density at radius 3 is 2.77 bits per heavy atom. The highest BCUT2D eigenvalue weighted by molar-refractivity contribution is 6.03. The number of benzene rings is 1. The summed E-state index contributed by atoms with van der Waals surface area (Å²) in [5.74, 6) is -0.703. The van der Waals surface area contributed by atoms with Crippen LogP contribution in [0.5, 0.6) is 0 Å². The smallest absolute Gasteiger partial charge is 0.339 e. The molecule has 5 heteroatoms. The second kappa shape index (κ2) is 6.30. The molecule has 1 heterocycles. The minimum Gasteiger partial charge on any atom is -0.465 e. The number of ether oxygens (including phenoxy) is 1. The number of nitrogens with zero attached hydrogens (tertiary/aromatic N) is 1. The number of allylic oxidation sites excluding steroid dienone is 3. The first-order chi connectivity index (χ1) is 10.5. The zero-order chi connectivity index (χ0) is 16.3. The first-order valence-electron chi connectivity index (χ1n) is 6.81. The van der Waals surface area contributed by atoms with E-state index in [1.54, 1.807) is 25.1 Å². The Morgan fingerprint density at radius 2 is 2.18 bits per heavy atom. The van der Waals surface area contributed by atoms with Gasteiger partial charge in [-0.25, -0.2) is 4.79 Å². The normalized spacial score (nSPS) is 14.8. The van der Waals surface area contributed by atoms with Crippen LogP contribution in [0.3, 0.4) is 0 Å². The van der Waals surface area contributed by atoms with Crippen LogP contribution in [-0.4, -0.2) is 23.9 Å². The van der Waals surface area contributed by atoms with Crippen LogP contribution in [0, 0.1) is 0 Å². The Morgan fingerprint density at radius 1 is 1.45 bits per heavy atom. The monoisotopic (exact) mass is 298 g/mol. The molecular weight excluding hydrogens is 280 g/mol. The van der Waals surface area contributed by atoms with Gasteiger partial charge in [0.15, 0.2) is 0 Å². The molecule has 2 N–H and O–H groups in total. The number of hydrogen-bond donors (Lipinski definition) is 1. The summed E-state index contributed by atoms with van der Waals surface area (Å²) in [5, 5.41) is 0. The van der Waals surface area contributed by atoms with Crippen molar-refractivity contribution in [3.8, 4) is 0 Å². The quantitative estimate of drug-likeness (QED) is 0.401. The standard InChI is InChI=1S/C17H18N2O3/c1-4-6-13(17(21)22-3)15(5-2)19-10-11-7-8-12(18)9-14(11)16(19)20/h4-9H,1,10,18H2,2-3H3/b13-6+,15-5+. The molecule has 0 saturated heterocycles. The van der Waals surface area contributed by atoms with Gasteiger partial charge in [-0.15, -0.1) is 0 Å². The lowest BCUT2D eigenvalue weighted by molar-refractivity contribution is -0.135. The van der Waals surface area contributed by atoms with E-state index in [0.29, 0.717) is 23.5 Å². The number of nitrogen functional groups attached to an aromatic ring is 1. The van der Waals surface area contributed by atoms with Gasteiger partial charge >= 0.3 is 5.97 Å². The number of carbonyl (C=O) groups is 2. The first kappa shape index (κ1) is 15.6. The molecular formula is C17H18N2O3. The van der Waals surface area contributed by atoms with Crippen molar-refractivity contribution in [2.45, 2.75) is 13.5 Å². The number of amides is 1. The van der Waals surface area contributed by atoms with Crippen molar-refractivity contribution >= 4 is 17.6 Å². The van der Waals surface area contributed by atoms with E-state index >= 15 is 0 Å². The van der Waals surface area contributed by atoms with Gasteiger partial charge in [0.25, 0.3) is 5.91 Å². The molecule has 0 saturated carbocycles. The van der Waals surface area contributed by atoms with Crippen molar-refractivity contribution < 1.29 is 14.3 Å². The minimum absolute atomic E-state index is 0.186. The molecule has 0 bridgehead atoms. The lowest BCUT2D eigenvalue weighted by Gasteiger charge is -2.20. The summed E-state index contributed by atoms with van der Waals surface area (Å²) in [6, 6.07) is 5.23. The highest BCUT2D eigenvalue weighted by atomic mass is 16.5. The second-order valence-electron chi connectivity index (χ2n) is 4.79. The van der Waals surface area contributed by atoms with Crippen molar-refractivity contribution in [2.24, 2.45) is 0 Å². The van der Waals surface area contributed by atoms with Gasteiger partial charge in [0.2, 0.25) is 0 Å². The van der Waals surface area contributed by atoms with E-state index < -0.39 is 5.97 Å². The van der Waals surface area contributed by atoms with Crippen molar-refractivity contribution in [2.75, 3.05) is 12.8 Å². The fourth-order valence-electron chi connectivity index (χ4n) is 2.46. The fourth-order valence-corrected chi connectivity index (χ4v) is 2.46. The predicted molar refractivity (Wildman–Crippen MR) is 84.8 cm³/mol. The van der Waals surface area contributed by atoms with Crippen LogP contribution < -0.4 is 5.73 Å². The van der Waals surface area contributed by atoms with E-state index in [9.17, 15) is 9.59 Å². The van der Waals surface area contributed by atoms with Crippen molar-refractivity contribution in [3.63, 3.8) is 0 Å². The molecule has 0 atom stereocenters. The maximum Gasteiger partial charge on any atom is 0.339 e. The summed E-state index contributed by atoms with van der Waals surface area (Å²) >= 11 is 0. The van der Waals surface area contributed by atoms with Crippen LogP contribution >= 0.6 is 0 Å². The van der Waals surface area contributed by atoms with E-state index in [0.717, 1.165) is 5.56 Å². The summed E-state index contributed by atoms with van der Waals surface area (Å²) in [6.07, 6.45) is 4.73. The summed E-state index contributed by atoms with van der Waals surface area (Å²) in [6.45, 7) is 5.75. The molecule has 1 aliphatic rings. The molecule has 0 radical (unpaired) electrons. The largest absolute Gasteiger partial charge is 0.465 e. The first-order valence-corrected chi connectivity index (χ1v) is 6.81. The Balaban J connectivity index is 2.43. The maximum atomic E-state index is 12.6. The molecule has 1 aromatic rings. The number of methoxy groups -OCH3 is 1. The van der Waals surface area contributed by atoms with E-state index in [1.807, 2.05) is 6.07 Å². The molecule has 0 unspecified atom stereocenters. The summed E-state index contributed by atoms with van der Waals surface area (Å²) in [5.41, 5.74) is 8.49. The van der Waals surface area contributed by atoms with Crippen LogP contribution in [0.25, 0.3) is 0 Å². The fraction of sp³-hybridized carbons (Fsp3) is 0.176. The average Bonchev–Trinajstić information content (AvgIpc) is 2.83. The van der Waals surface area contributed by atoms with Gasteiger partial charge in [0.05, 0.1) is 24.9 Å². The Hall–Kier alpha value is -2.82.